The average Bonchev–Trinajstić information content (AvgIpc) is 3.97. The molecular weight excluding hydrogens is 612 g/mol. The highest BCUT2D eigenvalue weighted by atomic mass is 16.4. The first-order chi connectivity index (χ1) is 23.8. The molecule has 8 nitrogen and oxygen atoms in total. The van der Waals surface area contributed by atoms with Gasteiger partial charge in [-0.15, -0.1) is 0 Å². The zero-order chi connectivity index (χ0) is 33.9. The van der Waals surface area contributed by atoms with Gasteiger partial charge in [0.2, 0.25) is 5.91 Å². The summed E-state index contributed by atoms with van der Waals surface area (Å²) in [6.45, 7) is 2.59. The molecule has 7 rings (SSSR count). The van der Waals surface area contributed by atoms with Gasteiger partial charge in [-0.1, -0.05) is 74.0 Å². The normalized spacial score (nSPS) is 19.9. The van der Waals surface area contributed by atoms with Crippen LogP contribution in [-0.2, 0) is 16.0 Å². The van der Waals surface area contributed by atoms with Gasteiger partial charge in [-0.05, 0) is 90.7 Å². The first-order valence-corrected chi connectivity index (χ1v) is 17.8. The average molecular weight is 657 g/mol. The molecule has 8 heteroatoms. The van der Waals surface area contributed by atoms with Crippen LogP contribution in [-0.4, -0.2) is 56.9 Å². The van der Waals surface area contributed by atoms with Crippen molar-refractivity contribution in [2.75, 3.05) is 13.1 Å². The maximum Gasteiger partial charge on any atom is 0.310 e. The highest BCUT2D eigenvalue weighted by Gasteiger charge is 2.39. The summed E-state index contributed by atoms with van der Waals surface area (Å²) in [7, 11) is 0. The van der Waals surface area contributed by atoms with Gasteiger partial charge in [0.15, 0.2) is 5.82 Å². The summed E-state index contributed by atoms with van der Waals surface area (Å²) < 4.78 is 0. The van der Waals surface area contributed by atoms with Crippen molar-refractivity contribution in [1.29, 1.82) is 0 Å². The predicted octanol–water partition coefficient (Wildman–Crippen LogP) is 7.26. The van der Waals surface area contributed by atoms with Crippen molar-refractivity contribution in [3.05, 3.63) is 107 Å². The zero-order valence-electron chi connectivity index (χ0n) is 28.1. The number of nitrogens with zero attached hydrogens (tertiary/aromatic N) is 3. The molecule has 1 aliphatic heterocycles. The molecule has 4 aromatic rings. The van der Waals surface area contributed by atoms with Crippen molar-refractivity contribution in [2.45, 2.75) is 76.2 Å². The topological polar surface area (TPSA) is 112 Å². The number of hydrogen-bond acceptors (Lipinski definition) is 5. The second kappa shape index (κ2) is 14.3. The first-order valence-electron chi connectivity index (χ1n) is 17.8. The lowest BCUT2D eigenvalue weighted by Gasteiger charge is -2.39. The molecule has 0 spiro atoms. The molecule has 3 aliphatic rings. The number of carbonyl (C=O) groups is 3. The Morgan fingerprint density at radius 2 is 1.31 bits per heavy atom. The van der Waals surface area contributed by atoms with Crippen LogP contribution in [0.3, 0.4) is 0 Å². The molecule has 2 heterocycles. The Bertz CT molecular complexity index is 1770. The summed E-state index contributed by atoms with van der Waals surface area (Å²) in [6, 6.07) is 23.3. The van der Waals surface area contributed by atoms with Crippen molar-refractivity contribution < 1.29 is 19.5 Å². The fraction of sp³-hybridized carbons (Fsp3) is 0.390. The van der Waals surface area contributed by atoms with Crippen molar-refractivity contribution in [2.24, 2.45) is 11.8 Å². The lowest BCUT2D eigenvalue weighted by molar-refractivity contribution is -0.153. The highest BCUT2D eigenvalue weighted by Crippen LogP contribution is 2.40. The Morgan fingerprint density at radius 3 is 1.86 bits per heavy atom. The standard InChI is InChI=1S/C41H44N4O4/c1-2-26-3-7-28(8-4-26)29-13-15-32(16-14-29)35-22-42-38(43-23-35)33-9-5-27(6-10-33)21-37(40(47)45-24-36(25-45)41(48)49)44-39(46)34-19-17-31(18-20-34)30-11-12-30/h5-6,9-10,13-20,22-23,26,28,30,36-37H,2-4,7-8,11-12,21,24-25H2,1H3,(H,44,46)(H,48,49)/t26-,28-,37-/m0/s1. The van der Waals surface area contributed by atoms with Gasteiger partial charge in [0.05, 0.1) is 5.92 Å². The summed E-state index contributed by atoms with van der Waals surface area (Å²) in [5, 5.41) is 12.2. The SMILES string of the molecule is CC[C@H]1CC[C@H](c2ccc(-c3cnc(-c4ccc(C[C@H](NC(=O)c5ccc(C6CC6)cc5)C(=O)N5CC(C(=O)O)C5)cc4)nc3)cc2)CC1. The van der Waals surface area contributed by atoms with Gasteiger partial charge >= 0.3 is 5.97 Å². The van der Waals surface area contributed by atoms with Gasteiger partial charge in [-0.2, -0.15) is 0 Å². The number of likely N-dealkylation sites (tertiary alicyclic amines) is 1. The second-order valence-electron chi connectivity index (χ2n) is 14.1. The molecule has 0 unspecified atom stereocenters. The fourth-order valence-corrected chi connectivity index (χ4v) is 7.30. The first kappa shape index (κ1) is 32.7. The minimum atomic E-state index is -0.913. The smallest absolute Gasteiger partial charge is 0.310 e. The molecule has 2 aliphatic carbocycles. The summed E-state index contributed by atoms with van der Waals surface area (Å²) in [5.41, 5.74) is 6.94. The largest absolute Gasteiger partial charge is 0.481 e. The van der Waals surface area contributed by atoms with Crippen LogP contribution in [0.5, 0.6) is 0 Å². The van der Waals surface area contributed by atoms with Gasteiger partial charge < -0.3 is 15.3 Å². The summed E-state index contributed by atoms with van der Waals surface area (Å²) in [5.74, 6) is 0.655. The van der Waals surface area contributed by atoms with Gasteiger partial charge in [0.25, 0.3) is 5.91 Å². The number of hydrogen-bond donors (Lipinski definition) is 2. The Labute approximate surface area is 288 Å². The minimum Gasteiger partial charge on any atom is -0.481 e. The molecule has 1 atom stereocenters. The van der Waals surface area contributed by atoms with E-state index < -0.39 is 17.9 Å². The number of aliphatic carboxylic acids is 1. The maximum atomic E-state index is 13.5. The molecule has 252 valence electrons. The van der Waals surface area contributed by atoms with E-state index in [1.807, 2.05) is 60.9 Å². The monoisotopic (exact) mass is 656 g/mol. The third-order valence-corrected chi connectivity index (χ3v) is 10.8. The molecule has 2 N–H and O–H groups in total. The zero-order valence-corrected chi connectivity index (χ0v) is 28.1. The van der Waals surface area contributed by atoms with E-state index in [9.17, 15) is 19.5 Å². The summed E-state index contributed by atoms with van der Waals surface area (Å²) >= 11 is 0. The molecule has 3 fully saturated rings. The van der Waals surface area contributed by atoms with Crippen molar-refractivity contribution in [3.8, 4) is 22.5 Å². The number of carboxylic acid groups (broad SMARTS) is 1. The van der Waals surface area contributed by atoms with E-state index in [0.29, 0.717) is 23.2 Å². The van der Waals surface area contributed by atoms with Gasteiger partial charge in [-0.25, -0.2) is 9.97 Å². The summed E-state index contributed by atoms with van der Waals surface area (Å²) in [4.78, 5) is 48.9. The van der Waals surface area contributed by atoms with Crippen LogP contribution in [0.25, 0.3) is 22.5 Å². The molecule has 1 saturated heterocycles. The molecule has 49 heavy (non-hydrogen) atoms. The molecule has 0 bridgehead atoms. The van der Waals surface area contributed by atoms with Crippen LogP contribution < -0.4 is 5.32 Å². The number of benzene rings is 3. The lowest BCUT2D eigenvalue weighted by Crippen LogP contribution is -2.59. The number of rotatable bonds is 11. The molecule has 3 aromatic carbocycles. The van der Waals surface area contributed by atoms with Gasteiger partial charge in [0.1, 0.15) is 6.04 Å². The third kappa shape index (κ3) is 7.58. The van der Waals surface area contributed by atoms with Crippen LogP contribution in [0.1, 0.15) is 90.8 Å². The predicted molar refractivity (Wildman–Crippen MR) is 189 cm³/mol. The van der Waals surface area contributed by atoms with Crippen molar-refractivity contribution in [1.82, 2.24) is 20.2 Å². The number of amides is 2. The number of nitrogens with one attached hydrogen (secondary N) is 1. The Morgan fingerprint density at radius 1 is 0.755 bits per heavy atom. The Hall–Kier alpha value is -4.85. The van der Waals surface area contributed by atoms with Gasteiger partial charge in [0, 0.05) is 48.6 Å². The van der Waals surface area contributed by atoms with Crippen LogP contribution in [0, 0.1) is 11.8 Å². The summed E-state index contributed by atoms with van der Waals surface area (Å²) in [6.07, 6.45) is 12.9. The van der Waals surface area contributed by atoms with E-state index >= 15 is 0 Å². The molecule has 2 amide bonds. The highest BCUT2D eigenvalue weighted by molar-refractivity contribution is 5.98. The van der Waals surface area contributed by atoms with E-state index in [-0.39, 0.29) is 31.3 Å². The van der Waals surface area contributed by atoms with Crippen LogP contribution in [0.2, 0.25) is 0 Å². The van der Waals surface area contributed by atoms with Crippen LogP contribution in [0.15, 0.2) is 85.2 Å². The molecule has 2 saturated carbocycles. The maximum absolute atomic E-state index is 13.5. The van der Waals surface area contributed by atoms with E-state index in [0.717, 1.165) is 28.2 Å². The van der Waals surface area contributed by atoms with E-state index in [1.54, 1.807) is 0 Å². The molecule has 0 radical (unpaired) electrons. The molecule has 1 aromatic heterocycles. The van der Waals surface area contributed by atoms with Crippen LogP contribution >= 0.6 is 0 Å². The van der Waals surface area contributed by atoms with E-state index in [2.05, 4.69) is 46.5 Å². The number of aromatic nitrogens is 2. The Balaban J connectivity index is 1.00. The second-order valence-corrected chi connectivity index (χ2v) is 14.1. The molecular formula is C41H44N4O4. The Kier molecular flexibility index (Phi) is 9.56. The number of carboxylic acids is 1. The van der Waals surface area contributed by atoms with Crippen molar-refractivity contribution >= 4 is 17.8 Å². The minimum absolute atomic E-state index is 0.146. The third-order valence-electron chi connectivity index (χ3n) is 10.8. The van der Waals surface area contributed by atoms with Gasteiger partial charge in [-0.3, -0.25) is 14.4 Å². The lowest BCUT2D eigenvalue weighted by atomic mass is 9.78. The van der Waals surface area contributed by atoms with E-state index in [1.165, 1.54) is 61.0 Å². The van der Waals surface area contributed by atoms with Crippen molar-refractivity contribution in [3.63, 3.8) is 0 Å². The quantitative estimate of drug-likeness (QED) is 0.176. The number of carbonyl (C=O) groups excluding carboxylic acids is 2. The van der Waals surface area contributed by atoms with E-state index in [4.69, 9.17) is 0 Å². The fourth-order valence-electron chi connectivity index (χ4n) is 7.30. The van der Waals surface area contributed by atoms with Crippen LogP contribution in [0.4, 0.5) is 0 Å².